The molecule has 112 valence electrons. The number of hydrogen-bond acceptors (Lipinski definition) is 5. The van der Waals surface area contributed by atoms with Crippen LogP contribution in [0, 0.1) is 0 Å². The molecule has 1 saturated carbocycles. The van der Waals surface area contributed by atoms with Gasteiger partial charge in [0.1, 0.15) is 6.10 Å². The molecule has 0 aliphatic heterocycles. The highest BCUT2D eigenvalue weighted by atomic mass is 32.2. The molecule has 1 atom stereocenters. The molecule has 0 radical (unpaired) electrons. The molecule has 21 heavy (non-hydrogen) atoms. The molecule has 0 spiro atoms. The first-order valence-electron chi connectivity index (χ1n) is 6.57. The SMILES string of the molecule is COC(c1ccccc1)c1nnc(S(N)(=O)=O)n1C1CC1. The number of aromatic nitrogens is 3. The number of hydrogen-bond donors (Lipinski definition) is 1. The Labute approximate surface area is 122 Å². The van der Waals surface area contributed by atoms with Crippen molar-refractivity contribution < 1.29 is 13.2 Å². The van der Waals surface area contributed by atoms with E-state index in [2.05, 4.69) is 10.2 Å². The van der Waals surface area contributed by atoms with Gasteiger partial charge in [0.2, 0.25) is 0 Å². The van der Waals surface area contributed by atoms with Crippen LogP contribution in [-0.2, 0) is 14.8 Å². The summed E-state index contributed by atoms with van der Waals surface area (Å²) >= 11 is 0. The van der Waals surface area contributed by atoms with Gasteiger partial charge in [0.05, 0.1) is 0 Å². The lowest BCUT2D eigenvalue weighted by Gasteiger charge is -2.16. The van der Waals surface area contributed by atoms with Gasteiger partial charge >= 0.3 is 0 Å². The van der Waals surface area contributed by atoms with Gasteiger partial charge in [-0.15, -0.1) is 10.2 Å². The predicted molar refractivity (Wildman–Crippen MR) is 75.0 cm³/mol. The number of sulfonamides is 1. The van der Waals surface area contributed by atoms with Crippen molar-refractivity contribution in [2.75, 3.05) is 7.11 Å². The van der Waals surface area contributed by atoms with Crippen LogP contribution in [0.25, 0.3) is 0 Å². The minimum Gasteiger partial charge on any atom is -0.369 e. The van der Waals surface area contributed by atoms with Gasteiger partial charge in [-0.25, -0.2) is 13.6 Å². The lowest BCUT2D eigenvalue weighted by Crippen LogP contribution is -2.20. The first-order valence-corrected chi connectivity index (χ1v) is 8.12. The smallest absolute Gasteiger partial charge is 0.273 e. The summed E-state index contributed by atoms with van der Waals surface area (Å²) in [6, 6.07) is 9.55. The molecule has 1 fully saturated rings. The highest BCUT2D eigenvalue weighted by molar-refractivity contribution is 7.89. The van der Waals surface area contributed by atoms with Gasteiger partial charge in [-0.1, -0.05) is 30.3 Å². The Kier molecular flexibility index (Phi) is 3.52. The summed E-state index contributed by atoms with van der Waals surface area (Å²) in [5.41, 5.74) is 0.885. The fourth-order valence-corrected chi connectivity index (χ4v) is 3.03. The largest absolute Gasteiger partial charge is 0.369 e. The predicted octanol–water partition coefficient (Wildman–Crippen LogP) is 0.996. The Bertz CT molecular complexity index is 738. The van der Waals surface area contributed by atoms with Crippen molar-refractivity contribution >= 4 is 10.0 Å². The van der Waals surface area contributed by atoms with E-state index in [4.69, 9.17) is 9.88 Å². The van der Waals surface area contributed by atoms with Crippen LogP contribution in [0.4, 0.5) is 0 Å². The Hall–Kier alpha value is -1.77. The van der Waals surface area contributed by atoms with Crippen molar-refractivity contribution in [3.8, 4) is 0 Å². The summed E-state index contributed by atoms with van der Waals surface area (Å²) < 4.78 is 30.4. The maximum atomic E-state index is 11.7. The van der Waals surface area contributed by atoms with Gasteiger partial charge in [0.25, 0.3) is 15.2 Å². The fourth-order valence-electron chi connectivity index (χ4n) is 2.36. The van der Waals surface area contributed by atoms with Gasteiger partial charge in [-0.2, -0.15) is 0 Å². The second-order valence-electron chi connectivity index (χ2n) is 5.01. The van der Waals surface area contributed by atoms with Gasteiger partial charge in [0.15, 0.2) is 5.82 Å². The van der Waals surface area contributed by atoms with E-state index in [0.717, 1.165) is 18.4 Å². The first-order chi connectivity index (χ1) is 10.0. The van der Waals surface area contributed by atoms with Crippen LogP contribution >= 0.6 is 0 Å². The van der Waals surface area contributed by atoms with Crippen molar-refractivity contribution in [1.29, 1.82) is 0 Å². The third kappa shape index (κ3) is 2.69. The molecule has 1 heterocycles. The average Bonchev–Trinajstić information content (AvgIpc) is 3.19. The zero-order chi connectivity index (χ0) is 15.0. The Morgan fingerprint density at radius 2 is 1.95 bits per heavy atom. The third-order valence-electron chi connectivity index (χ3n) is 3.43. The van der Waals surface area contributed by atoms with E-state index in [-0.39, 0.29) is 11.2 Å². The summed E-state index contributed by atoms with van der Waals surface area (Å²) in [5, 5.41) is 12.8. The third-order valence-corrected chi connectivity index (χ3v) is 4.22. The Balaban J connectivity index is 2.12. The average molecular weight is 308 g/mol. The number of nitrogens with two attached hydrogens (primary N) is 1. The van der Waals surface area contributed by atoms with Crippen LogP contribution in [-0.4, -0.2) is 30.3 Å². The Morgan fingerprint density at radius 3 is 2.48 bits per heavy atom. The maximum Gasteiger partial charge on any atom is 0.273 e. The molecule has 2 N–H and O–H groups in total. The number of nitrogens with zero attached hydrogens (tertiary/aromatic N) is 3. The molecule has 8 heteroatoms. The fraction of sp³-hybridized carbons (Fsp3) is 0.385. The number of methoxy groups -OCH3 is 1. The van der Waals surface area contributed by atoms with Crippen molar-refractivity contribution in [2.45, 2.75) is 30.1 Å². The first kappa shape index (κ1) is 14.2. The van der Waals surface area contributed by atoms with Gasteiger partial charge in [0, 0.05) is 13.2 Å². The van der Waals surface area contributed by atoms with Crippen molar-refractivity contribution in [3.05, 3.63) is 41.7 Å². The molecule has 1 unspecified atom stereocenters. The topological polar surface area (TPSA) is 100 Å². The molecule has 1 aromatic carbocycles. The minimum absolute atomic E-state index is 0.0738. The van der Waals surface area contributed by atoms with Gasteiger partial charge in [-0.05, 0) is 18.4 Å². The van der Waals surface area contributed by atoms with E-state index in [1.807, 2.05) is 30.3 Å². The van der Waals surface area contributed by atoms with Crippen LogP contribution in [0.3, 0.4) is 0 Å². The molecular weight excluding hydrogens is 292 g/mol. The zero-order valence-corrected chi connectivity index (χ0v) is 12.3. The summed E-state index contributed by atoms with van der Waals surface area (Å²) in [5.74, 6) is 0.468. The summed E-state index contributed by atoms with van der Waals surface area (Å²) in [6.07, 6.45) is 1.30. The molecule has 0 amide bonds. The zero-order valence-electron chi connectivity index (χ0n) is 11.5. The van der Waals surface area contributed by atoms with E-state index in [0.29, 0.717) is 5.82 Å². The standard InChI is InChI=1S/C13H16N4O3S/c1-20-11(9-5-3-2-4-6-9)12-15-16-13(21(14,18)19)17(12)10-7-8-10/h2-6,10-11H,7-8H2,1H3,(H2,14,18,19). The minimum atomic E-state index is -3.91. The van der Waals surface area contributed by atoms with Crippen LogP contribution in [0.15, 0.2) is 35.5 Å². The van der Waals surface area contributed by atoms with Crippen molar-refractivity contribution in [2.24, 2.45) is 5.14 Å². The van der Waals surface area contributed by atoms with Gasteiger partial charge < -0.3 is 4.74 Å². The molecule has 0 bridgehead atoms. The Morgan fingerprint density at radius 1 is 1.29 bits per heavy atom. The lowest BCUT2D eigenvalue weighted by molar-refractivity contribution is 0.124. The summed E-state index contributed by atoms with van der Waals surface area (Å²) in [7, 11) is -2.35. The molecule has 3 rings (SSSR count). The van der Waals surface area contributed by atoms with Crippen molar-refractivity contribution in [1.82, 2.24) is 14.8 Å². The summed E-state index contributed by atoms with van der Waals surface area (Å²) in [6.45, 7) is 0. The highest BCUT2D eigenvalue weighted by Crippen LogP contribution is 2.39. The quantitative estimate of drug-likeness (QED) is 0.888. The van der Waals surface area contributed by atoms with Crippen LogP contribution in [0.5, 0.6) is 0 Å². The van der Waals surface area contributed by atoms with E-state index in [1.165, 1.54) is 0 Å². The van der Waals surface area contributed by atoms with E-state index in [1.54, 1.807) is 11.7 Å². The molecule has 2 aromatic rings. The van der Waals surface area contributed by atoms with Gasteiger partial charge in [-0.3, -0.25) is 4.57 Å². The normalized spacial score (nSPS) is 16.9. The monoisotopic (exact) mass is 308 g/mol. The molecular formula is C13H16N4O3S. The van der Waals surface area contributed by atoms with Crippen LogP contribution < -0.4 is 5.14 Å². The molecule has 0 saturated heterocycles. The molecule has 1 aliphatic carbocycles. The van der Waals surface area contributed by atoms with Crippen molar-refractivity contribution in [3.63, 3.8) is 0 Å². The number of benzene rings is 1. The van der Waals surface area contributed by atoms with E-state index in [9.17, 15) is 8.42 Å². The highest BCUT2D eigenvalue weighted by Gasteiger charge is 2.35. The van der Waals surface area contributed by atoms with Crippen LogP contribution in [0.2, 0.25) is 0 Å². The van der Waals surface area contributed by atoms with Crippen LogP contribution in [0.1, 0.15) is 36.4 Å². The van der Waals surface area contributed by atoms with E-state index < -0.39 is 16.1 Å². The number of primary sulfonamides is 1. The maximum absolute atomic E-state index is 11.7. The van der Waals surface area contributed by atoms with E-state index >= 15 is 0 Å². The lowest BCUT2D eigenvalue weighted by atomic mass is 10.1. The second-order valence-corrected chi connectivity index (χ2v) is 6.47. The number of rotatable bonds is 5. The molecule has 1 aromatic heterocycles. The second kappa shape index (κ2) is 5.21. The number of ether oxygens (including phenoxy) is 1. The molecule has 1 aliphatic rings. The summed E-state index contributed by atoms with van der Waals surface area (Å²) in [4.78, 5) is 0. The molecule has 7 nitrogen and oxygen atoms in total.